The summed E-state index contributed by atoms with van der Waals surface area (Å²) in [6.45, 7) is 7.23. The summed E-state index contributed by atoms with van der Waals surface area (Å²) in [7, 11) is -3.75. The molecule has 0 aromatic heterocycles. The maximum atomic E-state index is 13.1. The minimum atomic E-state index is -3.75. The second-order valence-corrected chi connectivity index (χ2v) is 9.97. The molecule has 1 heterocycles. The summed E-state index contributed by atoms with van der Waals surface area (Å²) >= 11 is 0. The quantitative estimate of drug-likeness (QED) is 0.641. The number of rotatable bonds is 9. The van der Waals surface area contributed by atoms with E-state index in [1.165, 1.54) is 4.31 Å². The predicted octanol–water partition coefficient (Wildman–Crippen LogP) is 3.20. The second-order valence-electron chi connectivity index (χ2n) is 8.03. The highest BCUT2D eigenvalue weighted by Crippen LogP contribution is 2.20. The molecule has 2 aromatic rings. The van der Waals surface area contributed by atoms with Gasteiger partial charge in [-0.1, -0.05) is 32.0 Å². The van der Waals surface area contributed by atoms with Gasteiger partial charge in [-0.2, -0.15) is 4.31 Å². The van der Waals surface area contributed by atoms with Crippen LogP contribution in [0, 0.1) is 5.92 Å². The maximum Gasteiger partial charge on any atom is 0.243 e. The SMILES string of the molecule is CC(C)CCN(CC(=O)Nc1ccc(N2CCOCC2)cc1)S(=O)(=O)c1ccccc1. The number of benzene rings is 2. The monoisotopic (exact) mass is 445 g/mol. The lowest BCUT2D eigenvalue weighted by molar-refractivity contribution is -0.116. The molecule has 168 valence electrons. The predicted molar refractivity (Wildman–Crippen MR) is 123 cm³/mol. The highest BCUT2D eigenvalue weighted by molar-refractivity contribution is 7.89. The molecule has 7 nitrogen and oxygen atoms in total. The smallest absolute Gasteiger partial charge is 0.243 e. The van der Waals surface area contributed by atoms with Crippen LogP contribution in [0.1, 0.15) is 20.3 Å². The van der Waals surface area contributed by atoms with Crippen LogP contribution in [0.3, 0.4) is 0 Å². The van der Waals surface area contributed by atoms with Gasteiger partial charge in [-0.25, -0.2) is 8.42 Å². The molecule has 0 unspecified atom stereocenters. The second kappa shape index (κ2) is 10.7. The first-order chi connectivity index (χ1) is 14.9. The topological polar surface area (TPSA) is 79.0 Å². The van der Waals surface area contributed by atoms with E-state index in [1.807, 2.05) is 38.1 Å². The Morgan fingerprint density at radius 2 is 1.71 bits per heavy atom. The van der Waals surface area contributed by atoms with Crippen molar-refractivity contribution in [1.82, 2.24) is 4.31 Å². The van der Waals surface area contributed by atoms with Crippen LogP contribution in [0.15, 0.2) is 59.5 Å². The lowest BCUT2D eigenvalue weighted by Gasteiger charge is -2.29. The lowest BCUT2D eigenvalue weighted by atomic mass is 10.1. The standard InChI is InChI=1S/C23H31N3O4S/c1-19(2)12-13-26(31(28,29)22-6-4-3-5-7-22)18-23(27)24-20-8-10-21(11-9-20)25-14-16-30-17-15-25/h3-11,19H,12-18H2,1-2H3,(H,24,27). The zero-order valence-corrected chi connectivity index (χ0v) is 19.0. The molecule has 0 bridgehead atoms. The maximum absolute atomic E-state index is 13.1. The number of morpholine rings is 1. The van der Waals surface area contributed by atoms with Gasteiger partial charge >= 0.3 is 0 Å². The Morgan fingerprint density at radius 1 is 1.06 bits per heavy atom. The molecule has 0 radical (unpaired) electrons. The summed E-state index contributed by atoms with van der Waals surface area (Å²) in [5.41, 5.74) is 1.72. The fourth-order valence-corrected chi connectivity index (χ4v) is 4.80. The number of amides is 1. The summed E-state index contributed by atoms with van der Waals surface area (Å²) < 4.78 is 32.8. The highest BCUT2D eigenvalue weighted by atomic mass is 32.2. The molecule has 0 spiro atoms. The van der Waals surface area contributed by atoms with Gasteiger partial charge in [0.1, 0.15) is 0 Å². The van der Waals surface area contributed by atoms with E-state index < -0.39 is 10.0 Å². The van der Waals surface area contributed by atoms with Crippen LogP contribution < -0.4 is 10.2 Å². The lowest BCUT2D eigenvalue weighted by Crippen LogP contribution is -2.39. The minimum Gasteiger partial charge on any atom is -0.378 e. The third-order valence-corrected chi connectivity index (χ3v) is 7.04. The van der Waals surface area contributed by atoms with Crippen molar-refractivity contribution < 1.29 is 17.9 Å². The first-order valence-electron chi connectivity index (χ1n) is 10.6. The number of anilines is 2. The molecule has 1 aliphatic heterocycles. The van der Waals surface area contributed by atoms with Crippen molar-refractivity contribution in [2.45, 2.75) is 25.2 Å². The van der Waals surface area contributed by atoms with E-state index in [0.29, 0.717) is 31.2 Å². The molecule has 1 saturated heterocycles. The van der Waals surface area contributed by atoms with Gasteiger partial charge in [-0.05, 0) is 48.7 Å². The van der Waals surface area contributed by atoms with Crippen LogP contribution in [0.4, 0.5) is 11.4 Å². The van der Waals surface area contributed by atoms with Crippen LogP contribution in [0.25, 0.3) is 0 Å². The van der Waals surface area contributed by atoms with Gasteiger partial charge in [0, 0.05) is 31.0 Å². The molecule has 0 aliphatic carbocycles. The van der Waals surface area contributed by atoms with E-state index >= 15 is 0 Å². The minimum absolute atomic E-state index is 0.196. The largest absolute Gasteiger partial charge is 0.378 e. The average Bonchev–Trinajstić information content (AvgIpc) is 2.78. The van der Waals surface area contributed by atoms with Crippen molar-refractivity contribution in [2.24, 2.45) is 5.92 Å². The number of nitrogens with zero attached hydrogens (tertiary/aromatic N) is 2. The molecule has 31 heavy (non-hydrogen) atoms. The number of ether oxygens (including phenoxy) is 1. The van der Waals surface area contributed by atoms with Crippen LogP contribution in [-0.2, 0) is 19.6 Å². The van der Waals surface area contributed by atoms with Gasteiger partial charge in [0.25, 0.3) is 0 Å². The first kappa shape index (κ1) is 23.2. The van der Waals surface area contributed by atoms with Crippen molar-refractivity contribution in [3.63, 3.8) is 0 Å². The zero-order valence-electron chi connectivity index (χ0n) is 18.2. The van der Waals surface area contributed by atoms with Gasteiger partial charge in [-0.3, -0.25) is 4.79 Å². The molecule has 1 N–H and O–H groups in total. The Morgan fingerprint density at radius 3 is 2.32 bits per heavy atom. The van der Waals surface area contributed by atoms with Crippen LogP contribution in [-0.4, -0.2) is 58.0 Å². The van der Waals surface area contributed by atoms with Gasteiger partial charge in [0.15, 0.2) is 0 Å². The van der Waals surface area contributed by atoms with E-state index in [2.05, 4.69) is 10.2 Å². The molecule has 1 aliphatic rings. The third-order valence-electron chi connectivity index (χ3n) is 5.18. The molecule has 1 amide bonds. The summed E-state index contributed by atoms with van der Waals surface area (Å²) in [5.74, 6) is -0.0355. The summed E-state index contributed by atoms with van der Waals surface area (Å²) in [6, 6.07) is 15.8. The molecule has 1 fully saturated rings. The molecule has 3 rings (SSSR count). The van der Waals surface area contributed by atoms with Crippen LogP contribution in [0.2, 0.25) is 0 Å². The average molecular weight is 446 g/mol. The van der Waals surface area contributed by atoms with Crippen molar-refractivity contribution in [1.29, 1.82) is 0 Å². The molecule has 8 heteroatoms. The molecule has 0 saturated carbocycles. The fraction of sp³-hybridized carbons (Fsp3) is 0.435. The summed E-state index contributed by atoms with van der Waals surface area (Å²) in [6.07, 6.45) is 0.674. The van der Waals surface area contributed by atoms with E-state index in [0.717, 1.165) is 18.8 Å². The first-order valence-corrected chi connectivity index (χ1v) is 12.1. The van der Waals surface area contributed by atoms with Crippen molar-refractivity contribution in [2.75, 3.05) is 49.6 Å². The number of carbonyl (C=O) groups excluding carboxylic acids is 1. The Balaban J connectivity index is 1.67. The number of hydrogen-bond acceptors (Lipinski definition) is 5. The highest BCUT2D eigenvalue weighted by Gasteiger charge is 2.26. The zero-order chi connectivity index (χ0) is 22.3. The third kappa shape index (κ3) is 6.53. The normalized spacial score (nSPS) is 14.8. The van der Waals surface area contributed by atoms with E-state index in [-0.39, 0.29) is 23.9 Å². The Kier molecular flexibility index (Phi) is 8.06. The van der Waals surface area contributed by atoms with Gasteiger partial charge < -0.3 is 15.0 Å². The molecule has 0 atom stereocenters. The van der Waals surface area contributed by atoms with Gasteiger partial charge in [-0.15, -0.1) is 0 Å². The van der Waals surface area contributed by atoms with Crippen LogP contribution >= 0.6 is 0 Å². The Bertz CT molecular complexity index is 941. The van der Waals surface area contributed by atoms with E-state index in [1.54, 1.807) is 30.3 Å². The van der Waals surface area contributed by atoms with Crippen molar-refractivity contribution in [3.8, 4) is 0 Å². The summed E-state index contributed by atoms with van der Waals surface area (Å²) in [5, 5.41) is 2.83. The van der Waals surface area contributed by atoms with Crippen molar-refractivity contribution >= 4 is 27.3 Å². The van der Waals surface area contributed by atoms with Crippen molar-refractivity contribution in [3.05, 3.63) is 54.6 Å². The van der Waals surface area contributed by atoms with E-state index in [9.17, 15) is 13.2 Å². The number of carbonyl (C=O) groups is 1. The van der Waals surface area contributed by atoms with Crippen LogP contribution in [0.5, 0.6) is 0 Å². The summed E-state index contributed by atoms with van der Waals surface area (Å²) in [4.78, 5) is 15.1. The Labute approximate surface area is 185 Å². The Hall–Kier alpha value is -2.42. The number of sulfonamides is 1. The van der Waals surface area contributed by atoms with E-state index in [4.69, 9.17) is 4.74 Å². The number of hydrogen-bond donors (Lipinski definition) is 1. The fourth-order valence-electron chi connectivity index (χ4n) is 3.37. The molecular weight excluding hydrogens is 414 g/mol. The number of nitrogens with one attached hydrogen (secondary N) is 1. The van der Waals surface area contributed by atoms with Gasteiger partial charge in [0.2, 0.25) is 15.9 Å². The molecule has 2 aromatic carbocycles. The molecular formula is C23H31N3O4S. The van der Waals surface area contributed by atoms with Gasteiger partial charge in [0.05, 0.1) is 24.7 Å².